The van der Waals surface area contributed by atoms with Crippen LogP contribution in [0.15, 0.2) is 29.5 Å². The summed E-state index contributed by atoms with van der Waals surface area (Å²) in [5, 5.41) is 9.54. The molecule has 1 fully saturated rings. The van der Waals surface area contributed by atoms with Crippen molar-refractivity contribution in [1.29, 1.82) is 0 Å². The smallest absolute Gasteiger partial charge is 0.0931 e. The van der Waals surface area contributed by atoms with Crippen LogP contribution in [0.1, 0.15) is 43.5 Å². The largest absolute Gasteiger partial charge is 0.387 e. The summed E-state index contributed by atoms with van der Waals surface area (Å²) in [6.07, 6.45) is 8.91. The van der Waals surface area contributed by atoms with Crippen LogP contribution in [-0.4, -0.2) is 47.5 Å². The molecule has 0 aliphatic carbocycles. The molecule has 0 radical (unpaired) electrons. The minimum Gasteiger partial charge on any atom is -0.387 e. The number of aliphatic hydroxyl groups excluding tert-OH is 1. The molecule has 3 rings (SSSR count). The van der Waals surface area contributed by atoms with Gasteiger partial charge in [0.25, 0.3) is 0 Å². The molecule has 1 saturated heterocycles. The molecule has 124 valence electrons. The fraction of sp³-hybridized carbons (Fsp3) is 0.556. The minimum absolute atomic E-state index is 0.538. The van der Waals surface area contributed by atoms with E-state index in [9.17, 15) is 5.11 Å². The standard InChI is InChI=1S/C18H25N3O2/c1-14(22)17-3-2-16(12-20-17)18-13-21(9-7-19-18)8-4-15-5-10-23-11-6-15/h2-3,7,12-15,22H,4-6,8-11H2,1H3/t14-/m0/s1. The van der Waals surface area contributed by atoms with Gasteiger partial charge in [-0.1, -0.05) is 0 Å². The van der Waals surface area contributed by atoms with Crippen molar-refractivity contribution in [3.63, 3.8) is 0 Å². The van der Waals surface area contributed by atoms with Crippen molar-refractivity contribution < 1.29 is 9.84 Å². The molecule has 2 aliphatic heterocycles. The lowest BCUT2D eigenvalue weighted by Gasteiger charge is -2.27. The molecule has 2 aliphatic rings. The second kappa shape index (κ2) is 7.70. The molecule has 1 aromatic heterocycles. The fourth-order valence-electron chi connectivity index (χ4n) is 3.00. The van der Waals surface area contributed by atoms with Crippen LogP contribution < -0.4 is 0 Å². The first-order valence-corrected chi connectivity index (χ1v) is 8.43. The van der Waals surface area contributed by atoms with E-state index in [1.165, 1.54) is 19.3 Å². The lowest BCUT2D eigenvalue weighted by Crippen LogP contribution is -2.27. The Morgan fingerprint density at radius 2 is 2.17 bits per heavy atom. The van der Waals surface area contributed by atoms with Gasteiger partial charge in [0.2, 0.25) is 0 Å². The molecule has 0 aromatic carbocycles. The van der Waals surface area contributed by atoms with E-state index in [2.05, 4.69) is 21.1 Å². The Morgan fingerprint density at radius 1 is 1.35 bits per heavy atom. The highest BCUT2D eigenvalue weighted by atomic mass is 16.5. The van der Waals surface area contributed by atoms with Crippen LogP contribution in [-0.2, 0) is 4.74 Å². The van der Waals surface area contributed by atoms with Gasteiger partial charge in [-0.15, -0.1) is 0 Å². The minimum atomic E-state index is -0.538. The zero-order valence-electron chi connectivity index (χ0n) is 13.7. The first-order valence-electron chi connectivity index (χ1n) is 8.43. The Kier molecular flexibility index (Phi) is 5.41. The summed E-state index contributed by atoms with van der Waals surface area (Å²) < 4.78 is 5.42. The van der Waals surface area contributed by atoms with Gasteiger partial charge in [0.15, 0.2) is 0 Å². The topological polar surface area (TPSA) is 58.0 Å². The number of aliphatic imine (C=N–C) groups is 1. The van der Waals surface area contributed by atoms with Crippen LogP contribution in [0, 0.1) is 5.92 Å². The molecule has 1 atom stereocenters. The van der Waals surface area contributed by atoms with Crippen molar-refractivity contribution in [1.82, 2.24) is 9.88 Å². The van der Waals surface area contributed by atoms with Crippen molar-refractivity contribution in [2.24, 2.45) is 10.9 Å². The van der Waals surface area contributed by atoms with E-state index in [4.69, 9.17) is 4.74 Å². The highest BCUT2D eigenvalue weighted by molar-refractivity contribution is 5.76. The molecule has 23 heavy (non-hydrogen) atoms. The van der Waals surface area contributed by atoms with Crippen LogP contribution >= 0.6 is 0 Å². The molecule has 0 amide bonds. The molecule has 1 N–H and O–H groups in total. The van der Waals surface area contributed by atoms with Gasteiger partial charge >= 0.3 is 0 Å². The summed E-state index contributed by atoms with van der Waals surface area (Å²) in [5.74, 6) is 0.784. The maximum absolute atomic E-state index is 9.54. The number of pyridine rings is 1. The van der Waals surface area contributed by atoms with E-state index in [0.717, 1.165) is 43.5 Å². The van der Waals surface area contributed by atoms with Gasteiger partial charge in [-0.05, 0) is 44.2 Å². The number of rotatable bonds is 5. The Bertz CT molecular complexity index is 560. The zero-order chi connectivity index (χ0) is 16.1. The fourth-order valence-corrected chi connectivity index (χ4v) is 3.00. The van der Waals surface area contributed by atoms with E-state index in [1.807, 2.05) is 18.3 Å². The molecular weight excluding hydrogens is 290 g/mol. The van der Waals surface area contributed by atoms with Crippen LogP contribution in [0.5, 0.6) is 0 Å². The molecule has 0 unspecified atom stereocenters. The third-order valence-corrected chi connectivity index (χ3v) is 4.53. The Morgan fingerprint density at radius 3 is 2.87 bits per heavy atom. The van der Waals surface area contributed by atoms with Gasteiger partial charge in [0.05, 0.1) is 24.0 Å². The van der Waals surface area contributed by atoms with Gasteiger partial charge in [-0.2, -0.15) is 0 Å². The van der Waals surface area contributed by atoms with Gasteiger partial charge in [-0.25, -0.2) is 0 Å². The predicted molar refractivity (Wildman–Crippen MR) is 91.1 cm³/mol. The van der Waals surface area contributed by atoms with Crippen molar-refractivity contribution in [3.8, 4) is 0 Å². The summed E-state index contributed by atoms with van der Waals surface area (Å²) in [7, 11) is 0. The molecule has 5 heteroatoms. The number of hydrogen-bond acceptors (Lipinski definition) is 5. The first-order chi connectivity index (χ1) is 11.2. The summed E-state index contributed by atoms with van der Waals surface area (Å²) in [4.78, 5) is 11.1. The Labute approximate surface area is 137 Å². The lowest BCUT2D eigenvalue weighted by atomic mass is 9.96. The van der Waals surface area contributed by atoms with E-state index in [1.54, 1.807) is 13.1 Å². The van der Waals surface area contributed by atoms with E-state index in [-0.39, 0.29) is 0 Å². The predicted octanol–water partition coefficient (Wildman–Crippen LogP) is 2.64. The van der Waals surface area contributed by atoms with E-state index >= 15 is 0 Å². The zero-order valence-corrected chi connectivity index (χ0v) is 13.7. The van der Waals surface area contributed by atoms with Crippen LogP contribution in [0.3, 0.4) is 0 Å². The maximum Gasteiger partial charge on any atom is 0.0931 e. The third kappa shape index (κ3) is 4.39. The van der Waals surface area contributed by atoms with Crippen LogP contribution in [0.2, 0.25) is 0 Å². The molecule has 0 spiro atoms. The van der Waals surface area contributed by atoms with Crippen LogP contribution in [0.25, 0.3) is 5.70 Å². The molecule has 0 saturated carbocycles. The van der Waals surface area contributed by atoms with Crippen LogP contribution in [0.4, 0.5) is 0 Å². The van der Waals surface area contributed by atoms with Gasteiger partial charge in [0, 0.05) is 43.9 Å². The number of aliphatic hydroxyl groups is 1. The van der Waals surface area contributed by atoms with Crippen molar-refractivity contribution in [3.05, 3.63) is 35.8 Å². The first kappa shape index (κ1) is 16.1. The van der Waals surface area contributed by atoms with Gasteiger partial charge in [0.1, 0.15) is 0 Å². The molecule has 1 aromatic rings. The van der Waals surface area contributed by atoms with E-state index in [0.29, 0.717) is 5.69 Å². The number of aromatic nitrogens is 1. The highest BCUT2D eigenvalue weighted by Crippen LogP contribution is 2.22. The van der Waals surface area contributed by atoms with Crippen molar-refractivity contribution >= 4 is 11.9 Å². The molecule has 0 bridgehead atoms. The molecular formula is C18H25N3O2. The number of hydrogen-bond donors (Lipinski definition) is 1. The second-order valence-corrected chi connectivity index (χ2v) is 6.31. The maximum atomic E-state index is 9.54. The normalized spacial score (nSPS) is 20.4. The Balaban J connectivity index is 1.60. The van der Waals surface area contributed by atoms with Crippen molar-refractivity contribution in [2.45, 2.75) is 32.3 Å². The van der Waals surface area contributed by atoms with Crippen molar-refractivity contribution in [2.75, 3.05) is 26.3 Å². The SMILES string of the molecule is C[C@H](O)c1ccc(C2=CN(CCC3CCOCC3)CC=N2)cn1. The average Bonchev–Trinajstić information content (AvgIpc) is 2.61. The third-order valence-electron chi connectivity index (χ3n) is 4.53. The lowest BCUT2D eigenvalue weighted by molar-refractivity contribution is 0.0620. The number of ether oxygens (including phenoxy) is 1. The molecule has 5 nitrogen and oxygen atoms in total. The summed E-state index contributed by atoms with van der Waals surface area (Å²) in [6, 6.07) is 3.83. The monoisotopic (exact) mass is 315 g/mol. The Hall–Kier alpha value is -1.72. The second-order valence-electron chi connectivity index (χ2n) is 6.31. The average molecular weight is 315 g/mol. The summed E-state index contributed by atoms with van der Waals surface area (Å²) in [6.45, 7) is 5.46. The number of nitrogens with zero attached hydrogens (tertiary/aromatic N) is 3. The van der Waals surface area contributed by atoms with Gasteiger partial charge in [-0.3, -0.25) is 9.98 Å². The summed E-state index contributed by atoms with van der Waals surface area (Å²) in [5.41, 5.74) is 2.61. The molecule has 3 heterocycles. The van der Waals surface area contributed by atoms with E-state index < -0.39 is 6.10 Å². The quantitative estimate of drug-likeness (QED) is 0.907. The summed E-state index contributed by atoms with van der Waals surface area (Å²) >= 11 is 0. The highest BCUT2D eigenvalue weighted by Gasteiger charge is 2.16. The van der Waals surface area contributed by atoms with Gasteiger partial charge < -0.3 is 14.7 Å².